The molecule has 0 unspecified atom stereocenters. The van der Waals surface area contributed by atoms with Crippen molar-refractivity contribution in [3.05, 3.63) is 0 Å². The van der Waals surface area contributed by atoms with E-state index in [4.69, 9.17) is 5.11 Å². The first kappa shape index (κ1) is 9.40. The summed E-state index contributed by atoms with van der Waals surface area (Å²) in [7, 11) is 0. The summed E-state index contributed by atoms with van der Waals surface area (Å²) in [6, 6.07) is 0.161. The van der Waals surface area contributed by atoms with Gasteiger partial charge in [-0.2, -0.15) is 0 Å². The van der Waals surface area contributed by atoms with Crippen molar-refractivity contribution < 1.29 is 15.3 Å². The van der Waals surface area contributed by atoms with Gasteiger partial charge in [-0.25, -0.2) is 0 Å². The molecule has 0 radical (unpaired) electrons. The molecule has 3 N–H and O–H groups in total. The molecular weight excluding hydrogens is 170 g/mol. The van der Waals surface area contributed by atoms with Crippen molar-refractivity contribution in [2.45, 2.75) is 50.1 Å². The normalized spacial score (nSPS) is 51.2. The quantitative estimate of drug-likeness (QED) is 0.489. The van der Waals surface area contributed by atoms with E-state index in [9.17, 15) is 10.2 Å². The highest BCUT2D eigenvalue weighted by molar-refractivity contribution is 5.05. The Morgan fingerprint density at radius 1 is 1.23 bits per heavy atom. The molecule has 0 aromatic carbocycles. The Labute approximate surface area is 77.8 Å². The maximum Gasteiger partial charge on any atom is 0.0991 e. The minimum Gasteiger partial charge on any atom is -0.395 e. The van der Waals surface area contributed by atoms with Gasteiger partial charge in [-0.05, 0) is 19.8 Å². The molecule has 2 aliphatic heterocycles. The summed E-state index contributed by atoms with van der Waals surface area (Å²) in [6.07, 6.45) is 0.515. The smallest absolute Gasteiger partial charge is 0.0991 e. The predicted molar refractivity (Wildman–Crippen MR) is 47.2 cm³/mol. The standard InChI is InChI=1S/C9H17NO3/c1-5-2-3-6-8(12)9(13)7(4-11)10(5)6/h5-9,11-13H,2-4H2,1H3/t5-,6-,7-,8-,9-/m1/s1. The summed E-state index contributed by atoms with van der Waals surface area (Å²) in [6.45, 7) is 2.01. The maximum absolute atomic E-state index is 9.68. The highest BCUT2D eigenvalue weighted by atomic mass is 16.3. The first-order valence-electron chi connectivity index (χ1n) is 4.91. The Bertz CT molecular complexity index is 197. The van der Waals surface area contributed by atoms with Gasteiger partial charge in [0.05, 0.1) is 24.9 Å². The van der Waals surface area contributed by atoms with Crippen molar-refractivity contribution in [2.24, 2.45) is 0 Å². The Balaban J connectivity index is 2.20. The van der Waals surface area contributed by atoms with Crippen LogP contribution in [0.25, 0.3) is 0 Å². The van der Waals surface area contributed by atoms with Crippen LogP contribution in [0.15, 0.2) is 0 Å². The van der Waals surface area contributed by atoms with E-state index in [2.05, 4.69) is 11.8 Å². The second-order valence-corrected chi connectivity index (χ2v) is 4.17. The van der Waals surface area contributed by atoms with E-state index in [0.29, 0.717) is 6.04 Å². The summed E-state index contributed by atoms with van der Waals surface area (Å²) in [5.41, 5.74) is 0. The van der Waals surface area contributed by atoms with Gasteiger partial charge in [0.15, 0.2) is 0 Å². The van der Waals surface area contributed by atoms with Gasteiger partial charge < -0.3 is 15.3 Å². The van der Waals surface area contributed by atoms with Crippen molar-refractivity contribution in [3.63, 3.8) is 0 Å². The number of hydrogen-bond acceptors (Lipinski definition) is 4. The zero-order valence-electron chi connectivity index (χ0n) is 7.80. The van der Waals surface area contributed by atoms with Crippen LogP contribution in [0.5, 0.6) is 0 Å². The molecule has 5 atom stereocenters. The van der Waals surface area contributed by atoms with Crippen LogP contribution in [0.4, 0.5) is 0 Å². The first-order chi connectivity index (χ1) is 6.16. The molecule has 13 heavy (non-hydrogen) atoms. The van der Waals surface area contributed by atoms with Crippen molar-refractivity contribution >= 4 is 0 Å². The molecule has 2 heterocycles. The van der Waals surface area contributed by atoms with Gasteiger partial charge in [0.2, 0.25) is 0 Å². The van der Waals surface area contributed by atoms with Crippen LogP contribution in [0, 0.1) is 0 Å². The average Bonchev–Trinajstić information content (AvgIpc) is 2.58. The average molecular weight is 187 g/mol. The molecule has 0 bridgehead atoms. The van der Waals surface area contributed by atoms with E-state index < -0.39 is 12.2 Å². The molecule has 2 aliphatic rings. The first-order valence-corrected chi connectivity index (χ1v) is 4.91. The third-order valence-corrected chi connectivity index (χ3v) is 3.48. The van der Waals surface area contributed by atoms with Gasteiger partial charge in [-0.3, -0.25) is 4.90 Å². The van der Waals surface area contributed by atoms with Crippen LogP contribution >= 0.6 is 0 Å². The lowest BCUT2D eigenvalue weighted by Gasteiger charge is -2.27. The highest BCUT2D eigenvalue weighted by Crippen LogP contribution is 2.36. The van der Waals surface area contributed by atoms with Crippen molar-refractivity contribution in [3.8, 4) is 0 Å². The van der Waals surface area contributed by atoms with E-state index in [1.54, 1.807) is 0 Å². The number of aliphatic hydroxyl groups excluding tert-OH is 3. The monoisotopic (exact) mass is 187 g/mol. The van der Waals surface area contributed by atoms with Gasteiger partial charge in [0.1, 0.15) is 0 Å². The van der Waals surface area contributed by atoms with Gasteiger partial charge in [0.25, 0.3) is 0 Å². The lowest BCUT2D eigenvalue weighted by atomic mass is 10.0. The molecule has 0 spiro atoms. The SMILES string of the molecule is C[C@@H]1CC[C@@H]2[C@@H](O)[C@H](O)[C@@H](CO)N12. The number of rotatable bonds is 1. The molecule has 76 valence electrons. The lowest BCUT2D eigenvalue weighted by Crippen LogP contribution is -2.42. The summed E-state index contributed by atoms with van der Waals surface area (Å²) < 4.78 is 0. The fourth-order valence-electron chi connectivity index (χ4n) is 2.79. The molecule has 0 amide bonds. The van der Waals surface area contributed by atoms with Crippen molar-refractivity contribution in [1.29, 1.82) is 0 Å². The van der Waals surface area contributed by atoms with E-state index in [0.717, 1.165) is 12.8 Å². The summed E-state index contributed by atoms with van der Waals surface area (Å²) in [5.74, 6) is 0. The molecule has 0 aliphatic carbocycles. The molecule has 0 aromatic rings. The van der Waals surface area contributed by atoms with Gasteiger partial charge in [-0.1, -0.05) is 0 Å². The van der Waals surface area contributed by atoms with E-state index in [-0.39, 0.29) is 18.7 Å². The third kappa shape index (κ3) is 1.21. The molecule has 4 nitrogen and oxygen atoms in total. The maximum atomic E-state index is 9.68. The topological polar surface area (TPSA) is 63.9 Å². The van der Waals surface area contributed by atoms with Gasteiger partial charge >= 0.3 is 0 Å². The van der Waals surface area contributed by atoms with Crippen LogP contribution in [0.3, 0.4) is 0 Å². The Hall–Kier alpha value is -0.160. The van der Waals surface area contributed by atoms with Crippen LogP contribution in [-0.4, -0.2) is 57.2 Å². The Morgan fingerprint density at radius 3 is 2.54 bits per heavy atom. The molecule has 2 saturated heterocycles. The summed E-state index contributed by atoms with van der Waals surface area (Å²) >= 11 is 0. The van der Waals surface area contributed by atoms with Gasteiger partial charge in [0, 0.05) is 12.1 Å². The third-order valence-electron chi connectivity index (χ3n) is 3.48. The van der Waals surface area contributed by atoms with Crippen LogP contribution in [-0.2, 0) is 0 Å². The predicted octanol–water partition coefficient (Wildman–Crippen LogP) is -1.06. The minimum absolute atomic E-state index is 0.0575. The fraction of sp³-hybridized carbons (Fsp3) is 1.00. The zero-order chi connectivity index (χ0) is 9.59. The largest absolute Gasteiger partial charge is 0.395 e. The minimum atomic E-state index is -0.780. The van der Waals surface area contributed by atoms with Crippen molar-refractivity contribution in [1.82, 2.24) is 4.90 Å². The number of nitrogens with zero attached hydrogens (tertiary/aromatic N) is 1. The summed E-state index contributed by atoms with van der Waals surface area (Å²) in [5, 5.41) is 28.4. The molecule has 0 aromatic heterocycles. The number of aliphatic hydroxyl groups is 3. The number of fused-ring (bicyclic) bond motifs is 1. The molecule has 2 rings (SSSR count). The fourth-order valence-corrected chi connectivity index (χ4v) is 2.79. The summed E-state index contributed by atoms with van der Waals surface area (Å²) in [4.78, 5) is 2.06. The van der Waals surface area contributed by atoms with Crippen LogP contribution in [0.2, 0.25) is 0 Å². The highest BCUT2D eigenvalue weighted by Gasteiger charge is 2.51. The van der Waals surface area contributed by atoms with Crippen LogP contribution in [0.1, 0.15) is 19.8 Å². The van der Waals surface area contributed by atoms with E-state index in [1.165, 1.54) is 0 Å². The Kier molecular flexibility index (Phi) is 2.32. The number of hydrogen-bond donors (Lipinski definition) is 3. The van der Waals surface area contributed by atoms with Crippen LogP contribution < -0.4 is 0 Å². The molecular formula is C9H17NO3. The zero-order valence-corrected chi connectivity index (χ0v) is 7.80. The second kappa shape index (κ2) is 3.20. The van der Waals surface area contributed by atoms with Crippen molar-refractivity contribution in [2.75, 3.05) is 6.61 Å². The van der Waals surface area contributed by atoms with Gasteiger partial charge in [-0.15, -0.1) is 0 Å². The molecule has 0 saturated carbocycles. The lowest BCUT2D eigenvalue weighted by molar-refractivity contribution is 0.0132. The van der Waals surface area contributed by atoms with E-state index in [1.807, 2.05) is 0 Å². The van der Waals surface area contributed by atoms with E-state index >= 15 is 0 Å². The molecule has 4 heteroatoms. The second-order valence-electron chi connectivity index (χ2n) is 4.17. The Morgan fingerprint density at radius 2 is 1.92 bits per heavy atom. The molecule has 2 fully saturated rings.